The minimum Gasteiger partial charge on any atom is -0.456 e. The van der Waals surface area contributed by atoms with Gasteiger partial charge >= 0.3 is 0 Å². The van der Waals surface area contributed by atoms with Gasteiger partial charge in [0.25, 0.3) is 0 Å². The summed E-state index contributed by atoms with van der Waals surface area (Å²) in [6.45, 7) is 0. The van der Waals surface area contributed by atoms with E-state index in [0.29, 0.717) is 0 Å². The highest BCUT2D eigenvalue weighted by Gasteiger charge is 2.05. The van der Waals surface area contributed by atoms with Gasteiger partial charge in [-0.2, -0.15) is 0 Å². The number of para-hydroxylation sites is 2. The Morgan fingerprint density at radius 2 is 1.55 bits per heavy atom. The van der Waals surface area contributed by atoms with Crippen molar-refractivity contribution in [3.8, 4) is 0 Å². The lowest BCUT2D eigenvalue weighted by Gasteiger charge is -2.02. The zero-order valence-electron chi connectivity index (χ0n) is 10.5. The van der Waals surface area contributed by atoms with Gasteiger partial charge in [0.05, 0.1) is 5.36 Å². The number of hydrogen-bond acceptors (Lipinski definition) is 4. The average Bonchev–Trinajstić information content (AvgIpc) is 3.00. The molecular weight excluding hydrogens is 268 g/mol. The van der Waals surface area contributed by atoms with E-state index in [-0.39, 0.29) is 0 Å². The van der Waals surface area contributed by atoms with E-state index in [2.05, 4.69) is 4.98 Å². The first-order valence-corrected chi connectivity index (χ1v) is 7.14. The molecular formula is C16H10N2OS. The van der Waals surface area contributed by atoms with Gasteiger partial charge in [-0.05, 0) is 24.3 Å². The number of hydrogen-bond donors (Lipinski definition) is 0. The third-order valence-corrected chi connectivity index (χ3v) is 3.80. The molecule has 0 saturated heterocycles. The van der Waals surface area contributed by atoms with Gasteiger partial charge in [0, 0.05) is 22.3 Å². The molecule has 0 fully saturated rings. The second-order valence-corrected chi connectivity index (χ2v) is 5.24. The van der Waals surface area contributed by atoms with Crippen molar-refractivity contribution in [3.05, 3.63) is 65.5 Å². The SMILES string of the molecule is c1ccc2c(=Nc3nccs3)c3ccccc3oc2c1. The summed E-state index contributed by atoms with van der Waals surface area (Å²) in [5, 5.41) is 5.60. The highest BCUT2D eigenvalue weighted by atomic mass is 32.1. The zero-order valence-corrected chi connectivity index (χ0v) is 11.3. The highest BCUT2D eigenvalue weighted by Crippen LogP contribution is 2.20. The van der Waals surface area contributed by atoms with Gasteiger partial charge in [-0.15, -0.1) is 11.3 Å². The Labute approximate surface area is 118 Å². The Hall–Kier alpha value is -2.46. The Morgan fingerprint density at radius 1 is 0.900 bits per heavy atom. The predicted molar refractivity (Wildman–Crippen MR) is 81.1 cm³/mol. The predicted octanol–water partition coefficient (Wildman–Crippen LogP) is 4.27. The number of fused-ring (bicyclic) bond motifs is 2. The monoisotopic (exact) mass is 278 g/mol. The minimum atomic E-state index is 0.756. The first kappa shape index (κ1) is 11.4. The molecule has 4 heteroatoms. The largest absolute Gasteiger partial charge is 0.456 e. The molecule has 2 heterocycles. The lowest BCUT2D eigenvalue weighted by molar-refractivity contribution is 0.659. The molecule has 0 bridgehead atoms. The normalized spacial score (nSPS) is 11.0. The van der Waals surface area contributed by atoms with Crippen LogP contribution < -0.4 is 5.36 Å². The van der Waals surface area contributed by atoms with Crippen molar-refractivity contribution in [1.82, 2.24) is 4.98 Å². The molecule has 0 amide bonds. The fourth-order valence-electron chi connectivity index (χ4n) is 2.25. The van der Waals surface area contributed by atoms with Gasteiger partial charge in [-0.1, -0.05) is 24.3 Å². The smallest absolute Gasteiger partial charge is 0.209 e. The van der Waals surface area contributed by atoms with E-state index >= 15 is 0 Å². The van der Waals surface area contributed by atoms with Gasteiger partial charge in [-0.25, -0.2) is 9.98 Å². The molecule has 2 aromatic heterocycles. The van der Waals surface area contributed by atoms with Crippen LogP contribution in [0.3, 0.4) is 0 Å². The molecule has 4 rings (SSSR count). The van der Waals surface area contributed by atoms with Gasteiger partial charge in [0.1, 0.15) is 11.2 Å². The quantitative estimate of drug-likeness (QED) is 0.487. The summed E-state index contributed by atoms with van der Waals surface area (Å²) in [5.74, 6) is 0. The average molecular weight is 278 g/mol. The molecule has 0 saturated carbocycles. The van der Waals surface area contributed by atoms with Crippen LogP contribution in [0.4, 0.5) is 5.13 Å². The van der Waals surface area contributed by atoms with Crippen LogP contribution in [-0.4, -0.2) is 4.98 Å². The van der Waals surface area contributed by atoms with Crippen LogP contribution >= 0.6 is 11.3 Å². The van der Waals surface area contributed by atoms with Crippen LogP contribution in [0.15, 0.2) is 69.5 Å². The molecule has 0 atom stereocenters. The topological polar surface area (TPSA) is 38.4 Å². The standard InChI is InChI=1S/C16H10N2OS/c1-3-7-13-11(5-1)15(18-16-17-9-10-20-16)12-6-2-4-8-14(12)19-13/h1-10H. The maximum atomic E-state index is 5.93. The van der Waals surface area contributed by atoms with E-state index < -0.39 is 0 Å². The van der Waals surface area contributed by atoms with E-state index in [1.165, 1.54) is 11.3 Å². The maximum absolute atomic E-state index is 5.93. The van der Waals surface area contributed by atoms with Crippen LogP contribution in [0.5, 0.6) is 0 Å². The van der Waals surface area contributed by atoms with Crippen molar-refractivity contribution in [3.63, 3.8) is 0 Å². The van der Waals surface area contributed by atoms with Crippen molar-refractivity contribution >= 4 is 38.4 Å². The van der Waals surface area contributed by atoms with Gasteiger partial charge in [0.15, 0.2) is 0 Å². The van der Waals surface area contributed by atoms with Crippen molar-refractivity contribution in [1.29, 1.82) is 0 Å². The molecule has 0 spiro atoms. The van der Waals surface area contributed by atoms with Crippen LogP contribution in [0.1, 0.15) is 0 Å². The summed E-state index contributed by atoms with van der Waals surface area (Å²) in [5.41, 5.74) is 1.67. The van der Waals surface area contributed by atoms with E-state index in [1.807, 2.05) is 53.9 Å². The first-order chi connectivity index (χ1) is 9.92. The van der Waals surface area contributed by atoms with E-state index in [1.54, 1.807) is 6.20 Å². The molecule has 0 unspecified atom stereocenters. The van der Waals surface area contributed by atoms with E-state index in [4.69, 9.17) is 9.41 Å². The van der Waals surface area contributed by atoms with Crippen molar-refractivity contribution in [2.75, 3.05) is 0 Å². The summed E-state index contributed by atoms with van der Waals surface area (Å²) in [4.78, 5) is 8.95. The third kappa shape index (κ3) is 1.82. The second kappa shape index (κ2) is 4.58. The molecule has 0 aliphatic rings. The van der Waals surface area contributed by atoms with Crippen molar-refractivity contribution < 1.29 is 4.42 Å². The number of aromatic nitrogens is 1. The van der Waals surface area contributed by atoms with E-state index in [9.17, 15) is 0 Å². The van der Waals surface area contributed by atoms with Crippen LogP contribution in [-0.2, 0) is 0 Å². The van der Waals surface area contributed by atoms with Crippen molar-refractivity contribution in [2.24, 2.45) is 4.99 Å². The summed E-state index contributed by atoms with van der Waals surface area (Å²) >= 11 is 1.53. The van der Waals surface area contributed by atoms with E-state index in [0.717, 1.165) is 32.4 Å². The lowest BCUT2D eigenvalue weighted by Crippen LogP contribution is -2.04. The molecule has 0 aliphatic heterocycles. The summed E-state index contributed by atoms with van der Waals surface area (Å²) in [6.07, 6.45) is 1.77. The number of benzene rings is 2. The fourth-order valence-corrected chi connectivity index (χ4v) is 2.76. The van der Waals surface area contributed by atoms with Gasteiger partial charge in [-0.3, -0.25) is 0 Å². The molecule has 0 aliphatic carbocycles. The zero-order chi connectivity index (χ0) is 13.4. The molecule has 0 radical (unpaired) electrons. The Morgan fingerprint density at radius 3 is 2.15 bits per heavy atom. The van der Waals surface area contributed by atoms with Crippen LogP contribution in [0.2, 0.25) is 0 Å². The molecule has 4 aromatic rings. The highest BCUT2D eigenvalue weighted by molar-refractivity contribution is 7.13. The lowest BCUT2D eigenvalue weighted by atomic mass is 10.1. The van der Waals surface area contributed by atoms with Crippen molar-refractivity contribution in [2.45, 2.75) is 0 Å². The maximum Gasteiger partial charge on any atom is 0.209 e. The molecule has 0 N–H and O–H groups in total. The molecule has 96 valence electrons. The number of nitrogens with zero attached hydrogens (tertiary/aromatic N) is 2. The van der Waals surface area contributed by atoms with Gasteiger partial charge < -0.3 is 4.42 Å². The fraction of sp³-hybridized carbons (Fsp3) is 0. The third-order valence-electron chi connectivity index (χ3n) is 3.13. The Bertz CT molecular complexity index is 898. The number of rotatable bonds is 1. The van der Waals surface area contributed by atoms with Crippen LogP contribution in [0, 0.1) is 0 Å². The molecule has 20 heavy (non-hydrogen) atoms. The number of thiazole rings is 1. The second-order valence-electron chi connectivity index (χ2n) is 4.37. The minimum absolute atomic E-state index is 0.756. The Kier molecular flexibility index (Phi) is 2.60. The van der Waals surface area contributed by atoms with Gasteiger partial charge in [0.2, 0.25) is 5.13 Å². The Balaban J connectivity index is 2.23. The molecule has 3 nitrogen and oxygen atoms in total. The molecule has 2 aromatic carbocycles. The van der Waals surface area contributed by atoms with Crippen LogP contribution in [0.25, 0.3) is 21.9 Å². The summed E-state index contributed by atoms with van der Waals surface area (Å²) < 4.78 is 5.93. The first-order valence-electron chi connectivity index (χ1n) is 6.27. The summed E-state index contributed by atoms with van der Waals surface area (Å²) in [7, 11) is 0. The summed E-state index contributed by atoms with van der Waals surface area (Å²) in [6, 6.07) is 15.9.